The number of carbonyl (C=O) groups is 1. The second-order valence-corrected chi connectivity index (χ2v) is 6.17. The van der Waals surface area contributed by atoms with Gasteiger partial charge in [-0.2, -0.15) is 0 Å². The molecular formula is C16H25NO3S. The SMILES string of the molecule is CNC(C)(CCCCSc1ccccc1OC)C(=O)OC. The van der Waals surface area contributed by atoms with Gasteiger partial charge < -0.3 is 14.8 Å². The van der Waals surface area contributed by atoms with Crippen molar-refractivity contribution in [2.75, 3.05) is 27.0 Å². The third-order valence-corrected chi connectivity index (χ3v) is 4.73. The first-order valence-electron chi connectivity index (χ1n) is 7.10. The van der Waals surface area contributed by atoms with Crippen molar-refractivity contribution in [3.63, 3.8) is 0 Å². The Morgan fingerprint density at radius 2 is 2.00 bits per heavy atom. The van der Waals surface area contributed by atoms with Crippen LogP contribution in [-0.4, -0.2) is 38.5 Å². The van der Waals surface area contributed by atoms with Gasteiger partial charge in [0.25, 0.3) is 0 Å². The number of hydrogen-bond donors (Lipinski definition) is 1. The smallest absolute Gasteiger partial charge is 0.325 e. The lowest BCUT2D eigenvalue weighted by Gasteiger charge is -2.25. The fourth-order valence-electron chi connectivity index (χ4n) is 2.06. The molecule has 0 saturated carbocycles. The highest BCUT2D eigenvalue weighted by molar-refractivity contribution is 7.99. The molecule has 0 saturated heterocycles. The number of para-hydroxylation sites is 1. The third kappa shape index (κ3) is 5.25. The van der Waals surface area contributed by atoms with Gasteiger partial charge in [0.05, 0.1) is 14.2 Å². The van der Waals surface area contributed by atoms with E-state index in [0.717, 1.165) is 35.7 Å². The minimum Gasteiger partial charge on any atom is -0.496 e. The van der Waals surface area contributed by atoms with E-state index in [1.807, 2.05) is 25.1 Å². The summed E-state index contributed by atoms with van der Waals surface area (Å²) in [5, 5.41) is 3.05. The van der Waals surface area contributed by atoms with Gasteiger partial charge in [-0.05, 0) is 44.7 Å². The molecule has 0 amide bonds. The summed E-state index contributed by atoms with van der Waals surface area (Å²) in [6, 6.07) is 8.02. The molecule has 5 heteroatoms. The zero-order valence-electron chi connectivity index (χ0n) is 13.3. The molecule has 1 atom stereocenters. The van der Waals surface area contributed by atoms with Gasteiger partial charge in [-0.1, -0.05) is 18.6 Å². The van der Waals surface area contributed by atoms with Gasteiger partial charge in [-0.3, -0.25) is 4.79 Å². The highest BCUT2D eigenvalue weighted by Gasteiger charge is 2.31. The zero-order valence-corrected chi connectivity index (χ0v) is 14.1. The molecule has 1 aromatic carbocycles. The van der Waals surface area contributed by atoms with Gasteiger partial charge in [0.15, 0.2) is 0 Å². The van der Waals surface area contributed by atoms with Crippen LogP contribution in [0.3, 0.4) is 0 Å². The Hall–Kier alpha value is -1.20. The van der Waals surface area contributed by atoms with Crippen LogP contribution in [0.5, 0.6) is 5.75 Å². The Labute approximate surface area is 131 Å². The Morgan fingerprint density at radius 3 is 2.62 bits per heavy atom. The number of thioether (sulfide) groups is 1. The van der Waals surface area contributed by atoms with Crippen molar-refractivity contribution in [1.82, 2.24) is 5.32 Å². The predicted octanol–water partition coefficient (Wildman–Crippen LogP) is 3.11. The largest absolute Gasteiger partial charge is 0.496 e. The number of carbonyl (C=O) groups excluding carboxylic acids is 1. The highest BCUT2D eigenvalue weighted by Crippen LogP contribution is 2.29. The maximum atomic E-state index is 11.7. The summed E-state index contributed by atoms with van der Waals surface area (Å²) in [5.41, 5.74) is -0.593. The molecule has 0 aliphatic carbocycles. The van der Waals surface area contributed by atoms with Crippen molar-refractivity contribution in [3.8, 4) is 5.75 Å². The topological polar surface area (TPSA) is 47.6 Å². The van der Waals surface area contributed by atoms with Gasteiger partial charge in [-0.25, -0.2) is 0 Å². The molecule has 0 aliphatic heterocycles. The summed E-state index contributed by atoms with van der Waals surface area (Å²) in [6.45, 7) is 1.88. The second-order valence-electron chi connectivity index (χ2n) is 5.03. The zero-order chi connectivity index (χ0) is 15.7. The molecule has 1 rings (SSSR count). The average Bonchev–Trinajstić information content (AvgIpc) is 2.53. The molecule has 0 heterocycles. The Morgan fingerprint density at radius 1 is 1.29 bits per heavy atom. The molecule has 0 aliphatic rings. The molecular weight excluding hydrogens is 286 g/mol. The van der Waals surface area contributed by atoms with Crippen molar-refractivity contribution < 1.29 is 14.3 Å². The molecule has 0 radical (unpaired) electrons. The van der Waals surface area contributed by atoms with Gasteiger partial charge >= 0.3 is 5.97 Å². The van der Waals surface area contributed by atoms with Crippen LogP contribution in [0, 0.1) is 0 Å². The number of hydrogen-bond acceptors (Lipinski definition) is 5. The van der Waals surface area contributed by atoms with Crippen LogP contribution in [0.15, 0.2) is 29.2 Å². The lowest BCUT2D eigenvalue weighted by atomic mass is 9.95. The van der Waals surface area contributed by atoms with Crippen LogP contribution in [0.1, 0.15) is 26.2 Å². The summed E-state index contributed by atoms with van der Waals surface area (Å²) in [4.78, 5) is 12.9. The van der Waals surface area contributed by atoms with Crippen molar-refractivity contribution in [2.24, 2.45) is 0 Å². The number of rotatable bonds is 9. The van der Waals surface area contributed by atoms with Crippen LogP contribution in [0.25, 0.3) is 0 Å². The summed E-state index contributed by atoms with van der Waals surface area (Å²) in [6.07, 6.45) is 2.77. The number of esters is 1. The van der Waals surface area contributed by atoms with Crippen molar-refractivity contribution in [1.29, 1.82) is 0 Å². The Kier molecular flexibility index (Phi) is 7.61. The van der Waals surface area contributed by atoms with E-state index >= 15 is 0 Å². The minimum absolute atomic E-state index is 0.206. The highest BCUT2D eigenvalue weighted by atomic mass is 32.2. The van der Waals surface area contributed by atoms with E-state index < -0.39 is 5.54 Å². The van der Waals surface area contributed by atoms with Gasteiger partial charge in [0.2, 0.25) is 0 Å². The van der Waals surface area contributed by atoms with Crippen molar-refractivity contribution >= 4 is 17.7 Å². The van der Waals surface area contributed by atoms with Gasteiger partial charge in [-0.15, -0.1) is 11.8 Å². The van der Waals surface area contributed by atoms with E-state index in [9.17, 15) is 4.79 Å². The van der Waals surface area contributed by atoms with E-state index in [-0.39, 0.29) is 5.97 Å². The Balaban J connectivity index is 2.36. The molecule has 0 fully saturated rings. The van der Waals surface area contributed by atoms with Crippen molar-refractivity contribution in [2.45, 2.75) is 36.6 Å². The van der Waals surface area contributed by atoms with Crippen LogP contribution in [0.2, 0.25) is 0 Å². The second kappa shape index (κ2) is 8.95. The van der Waals surface area contributed by atoms with Crippen LogP contribution in [0.4, 0.5) is 0 Å². The quantitative estimate of drug-likeness (QED) is 0.431. The van der Waals surface area contributed by atoms with E-state index in [1.54, 1.807) is 25.9 Å². The molecule has 0 spiro atoms. The summed E-state index contributed by atoms with van der Waals surface area (Å²) < 4.78 is 10.2. The molecule has 1 aromatic rings. The van der Waals surface area contributed by atoms with Crippen molar-refractivity contribution in [3.05, 3.63) is 24.3 Å². The number of methoxy groups -OCH3 is 2. The number of ether oxygens (including phenoxy) is 2. The standard InChI is InChI=1S/C16H25NO3S/c1-16(17-2,15(18)20-4)11-7-8-12-21-14-10-6-5-9-13(14)19-3/h5-6,9-10,17H,7-8,11-12H2,1-4H3. The molecule has 21 heavy (non-hydrogen) atoms. The maximum Gasteiger partial charge on any atom is 0.325 e. The summed E-state index contributed by atoms with van der Waals surface area (Å²) in [7, 11) is 4.91. The summed E-state index contributed by atoms with van der Waals surface area (Å²) >= 11 is 1.78. The fourth-order valence-corrected chi connectivity index (χ4v) is 3.09. The van der Waals surface area contributed by atoms with E-state index in [1.165, 1.54) is 7.11 Å². The first-order valence-corrected chi connectivity index (χ1v) is 8.09. The first-order chi connectivity index (χ1) is 10.1. The minimum atomic E-state index is -0.593. The summed E-state index contributed by atoms with van der Waals surface area (Å²) in [5.74, 6) is 1.71. The lowest BCUT2D eigenvalue weighted by Crippen LogP contribution is -2.48. The molecule has 118 valence electrons. The first kappa shape index (κ1) is 17.9. The normalized spacial score (nSPS) is 13.5. The number of benzene rings is 1. The number of unbranched alkanes of at least 4 members (excludes halogenated alkanes) is 1. The molecule has 0 aromatic heterocycles. The van der Waals surface area contributed by atoms with Gasteiger partial charge in [0, 0.05) is 4.90 Å². The monoisotopic (exact) mass is 311 g/mol. The Bertz CT molecular complexity index is 453. The van der Waals surface area contributed by atoms with E-state index in [0.29, 0.717) is 0 Å². The average molecular weight is 311 g/mol. The van der Waals surface area contributed by atoms with Gasteiger partial charge in [0.1, 0.15) is 11.3 Å². The fraction of sp³-hybridized carbons (Fsp3) is 0.562. The molecule has 4 nitrogen and oxygen atoms in total. The maximum absolute atomic E-state index is 11.7. The van der Waals surface area contributed by atoms with Crippen LogP contribution < -0.4 is 10.1 Å². The van der Waals surface area contributed by atoms with E-state index in [2.05, 4.69) is 11.4 Å². The molecule has 0 bridgehead atoms. The predicted molar refractivity (Wildman–Crippen MR) is 87.0 cm³/mol. The number of likely N-dealkylation sites (N-methyl/N-ethyl adjacent to an activating group) is 1. The molecule has 1 N–H and O–H groups in total. The third-order valence-electron chi connectivity index (χ3n) is 3.59. The molecule has 1 unspecified atom stereocenters. The van der Waals surface area contributed by atoms with Crippen LogP contribution >= 0.6 is 11.8 Å². The lowest BCUT2D eigenvalue weighted by molar-refractivity contribution is -0.148. The van der Waals surface area contributed by atoms with Crippen LogP contribution in [-0.2, 0) is 9.53 Å². The van der Waals surface area contributed by atoms with E-state index in [4.69, 9.17) is 9.47 Å². The number of nitrogens with one attached hydrogen (secondary N) is 1.